The van der Waals surface area contributed by atoms with E-state index in [-0.39, 0.29) is 12.1 Å². The fourth-order valence-electron chi connectivity index (χ4n) is 4.90. The second kappa shape index (κ2) is 9.28. The van der Waals surface area contributed by atoms with Crippen LogP contribution in [0, 0.1) is 6.92 Å². The number of sulfonamides is 1. The summed E-state index contributed by atoms with van der Waals surface area (Å²) >= 11 is 1.67. The average Bonchev–Trinajstić information content (AvgIpc) is 3.55. The van der Waals surface area contributed by atoms with Crippen molar-refractivity contribution in [3.05, 3.63) is 69.5 Å². The lowest BCUT2D eigenvalue weighted by molar-refractivity contribution is -0.120. The molecule has 35 heavy (non-hydrogen) atoms. The molecule has 1 aliphatic carbocycles. The Kier molecular flexibility index (Phi) is 6.31. The first kappa shape index (κ1) is 23.8. The van der Waals surface area contributed by atoms with Crippen molar-refractivity contribution in [1.29, 1.82) is 0 Å². The molecule has 1 aliphatic rings. The molecule has 1 fully saturated rings. The lowest BCUT2D eigenvalue weighted by Crippen LogP contribution is -2.36. The number of carbonyl (C=O) groups is 1. The lowest BCUT2D eigenvalue weighted by atomic mass is 10.1. The van der Waals surface area contributed by atoms with Crippen molar-refractivity contribution >= 4 is 48.4 Å². The van der Waals surface area contributed by atoms with Crippen LogP contribution in [-0.4, -0.2) is 28.7 Å². The molecule has 7 nitrogen and oxygen atoms in total. The van der Waals surface area contributed by atoms with E-state index in [1.165, 1.54) is 15.6 Å². The minimum absolute atomic E-state index is 0.0613. The number of aryl methyl sites for hydroxylation is 1. The molecule has 0 spiro atoms. The van der Waals surface area contributed by atoms with E-state index in [0.717, 1.165) is 23.0 Å². The molecule has 0 aliphatic heterocycles. The van der Waals surface area contributed by atoms with E-state index in [4.69, 9.17) is 0 Å². The lowest BCUT2D eigenvalue weighted by Gasteiger charge is -2.18. The summed E-state index contributed by atoms with van der Waals surface area (Å²) in [6, 6.07) is 13.4. The van der Waals surface area contributed by atoms with Crippen molar-refractivity contribution in [2.75, 3.05) is 0 Å². The highest BCUT2D eigenvalue weighted by Gasteiger charge is 2.37. The second-order valence-corrected chi connectivity index (χ2v) is 12.2. The molecule has 1 saturated carbocycles. The van der Waals surface area contributed by atoms with Gasteiger partial charge in [0.15, 0.2) is 0 Å². The van der Waals surface area contributed by atoms with Gasteiger partial charge in [-0.05, 0) is 60.9 Å². The second-order valence-electron chi connectivity index (χ2n) is 9.35. The molecule has 1 amide bonds. The van der Waals surface area contributed by atoms with Gasteiger partial charge in [-0.25, -0.2) is 13.2 Å². The van der Waals surface area contributed by atoms with Crippen molar-refractivity contribution in [2.45, 2.75) is 63.8 Å². The van der Waals surface area contributed by atoms with Crippen LogP contribution < -0.4 is 10.4 Å². The zero-order valence-corrected chi connectivity index (χ0v) is 21.5. The first-order chi connectivity index (χ1) is 16.8. The molecule has 0 bridgehead atoms. The number of hydrogen-bond donors (Lipinski definition) is 1. The number of carbonyl (C=O) groups excluding carboxylic acids is 1. The Balaban J connectivity index is 1.54. The Labute approximate surface area is 208 Å². The minimum atomic E-state index is -3.63. The van der Waals surface area contributed by atoms with Crippen molar-refractivity contribution < 1.29 is 13.2 Å². The Morgan fingerprint density at radius 3 is 2.60 bits per heavy atom. The number of nitrogens with one attached hydrogen (secondary N) is 1. The van der Waals surface area contributed by atoms with Crippen LogP contribution in [-0.2, 0) is 21.4 Å². The SMILES string of the molecule is CCCC(CC(=O)NS(=O)(=O)C1CC1)n1c(=O)n(Cc2csc3cccc(C)c23)c2ccccc21. The standard InChI is InChI=1S/C26H29N3O4S2/c1-3-7-19(14-24(30)27-35(32,33)20-12-13-20)29-22-10-5-4-9-21(22)28(26(29)31)15-18-16-34-23-11-6-8-17(2)25(18)23/h4-6,8-11,16,19-20H,3,7,12-15H2,1-2H3,(H,27,30). The number of hydrogen-bond acceptors (Lipinski definition) is 5. The first-order valence-electron chi connectivity index (χ1n) is 12.0. The molecule has 184 valence electrons. The molecular formula is C26H29N3O4S2. The molecule has 2 aromatic carbocycles. The number of benzene rings is 2. The molecule has 2 heterocycles. The highest BCUT2D eigenvalue weighted by molar-refractivity contribution is 7.90. The predicted molar refractivity (Wildman–Crippen MR) is 141 cm³/mol. The van der Waals surface area contributed by atoms with Crippen molar-refractivity contribution in [3.8, 4) is 0 Å². The zero-order chi connectivity index (χ0) is 24.7. The van der Waals surface area contributed by atoms with Crippen LogP contribution in [0.2, 0.25) is 0 Å². The smallest absolute Gasteiger partial charge is 0.288 e. The fraction of sp³-hybridized carbons (Fsp3) is 0.385. The Morgan fingerprint density at radius 2 is 1.89 bits per heavy atom. The highest BCUT2D eigenvalue weighted by atomic mass is 32.2. The number of aromatic nitrogens is 2. The van der Waals surface area contributed by atoms with Crippen LogP contribution in [0.15, 0.2) is 52.6 Å². The largest absolute Gasteiger partial charge is 0.329 e. The molecule has 4 aromatic rings. The molecular weight excluding hydrogens is 482 g/mol. The van der Waals surface area contributed by atoms with Gasteiger partial charge in [0, 0.05) is 22.5 Å². The molecule has 1 atom stereocenters. The van der Waals surface area contributed by atoms with E-state index in [9.17, 15) is 18.0 Å². The van der Waals surface area contributed by atoms with Crippen LogP contribution in [0.25, 0.3) is 21.1 Å². The van der Waals surface area contributed by atoms with Gasteiger partial charge in [0.2, 0.25) is 15.9 Å². The summed E-state index contributed by atoms with van der Waals surface area (Å²) in [5.41, 5.74) is 3.64. The van der Waals surface area contributed by atoms with E-state index < -0.39 is 27.2 Å². The van der Waals surface area contributed by atoms with Gasteiger partial charge in [-0.1, -0.05) is 37.6 Å². The summed E-state index contributed by atoms with van der Waals surface area (Å²) in [5.74, 6) is -0.557. The highest BCUT2D eigenvalue weighted by Crippen LogP contribution is 2.31. The van der Waals surface area contributed by atoms with E-state index in [2.05, 4.69) is 29.2 Å². The number of nitrogens with zero attached hydrogens (tertiary/aromatic N) is 2. The maximum Gasteiger partial charge on any atom is 0.329 e. The normalized spacial score (nSPS) is 15.0. The van der Waals surface area contributed by atoms with E-state index >= 15 is 0 Å². The molecule has 2 aromatic heterocycles. The maximum atomic E-state index is 13.8. The summed E-state index contributed by atoms with van der Waals surface area (Å²) < 4.78 is 31.4. The van der Waals surface area contributed by atoms with Gasteiger partial charge in [-0.2, -0.15) is 0 Å². The van der Waals surface area contributed by atoms with Gasteiger partial charge in [-0.3, -0.25) is 18.7 Å². The van der Waals surface area contributed by atoms with Crippen molar-refractivity contribution in [2.24, 2.45) is 0 Å². The van der Waals surface area contributed by atoms with E-state index in [1.807, 2.05) is 37.3 Å². The van der Waals surface area contributed by atoms with Gasteiger partial charge in [-0.15, -0.1) is 11.3 Å². The fourth-order valence-corrected chi connectivity index (χ4v) is 7.25. The quantitative estimate of drug-likeness (QED) is 0.352. The topological polar surface area (TPSA) is 90.2 Å². The van der Waals surface area contributed by atoms with E-state index in [0.29, 0.717) is 25.8 Å². The summed E-state index contributed by atoms with van der Waals surface area (Å²) in [6.07, 6.45) is 2.46. The summed E-state index contributed by atoms with van der Waals surface area (Å²) in [5, 5.41) is 2.82. The summed E-state index contributed by atoms with van der Waals surface area (Å²) in [7, 11) is -3.63. The molecule has 5 rings (SSSR count). The van der Waals surface area contributed by atoms with Crippen LogP contribution in [0.5, 0.6) is 0 Å². The first-order valence-corrected chi connectivity index (χ1v) is 14.4. The van der Waals surface area contributed by atoms with Crippen LogP contribution in [0.1, 0.15) is 56.2 Å². The van der Waals surface area contributed by atoms with Gasteiger partial charge in [0.1, 0.15) is 0 Å². The number of rotatable bonds is 9. The molecule has 1 N–H and O–H groups in total. The van der Waals surface area contributed by atoms with E-state index in [1.54, 1.807) is 20.5 Å². The third-order valence-corrected chi connectivity index (χ3v) is 9.57. The Morgan fingerprint density at radius 1 is 1.14 bits per heavy atom. The average molecular weight is 512 g/mol. The summed E-state index contributed by atoms with van der Waals surface area (Å²) in [4.78, 5) is 26.5. The Hall–Kier alpha value is -2.91. The molecule has 9 heteroatoms. The van der Waals surface area contributed by atoms with Gasteiger partial charge in [0.25, 0.3) is 0 Å². The predicted octanol–water partition coefficient (Wildman–Crippen LogP) is 4.71. The number of thiophene rings is 1. The van der Waals surface area contributed by atoms with Gasteiger partial charge < -0.3 is 0 Å². The number of para-hydroxylation sites is 2. The minimum Gasteiger partial charge on any atom is -0.288 e. The maximum absolute atomic E-state index is 13.8. The third-order valence-electron chi connectivity index (χ3n) is 6.71. The van der Waals surface area contributed by atoms with Crippen LogP contribution >= 0.6 is 11.3 Å². The monoisotopic (exact) mass is 511 g/mol. The number of imidazole rings is 1. The molecule has 1 unspecified atom stereocenters. The molecule has 0 saturated heterocycles. The Bertz CT molecular complexity index is 1580. The van der Waals surface area contributed by atoms with Gasteiger partial charge in [0.05, 0.1) is 22.8 Å². The van der Waals surface area contributed by atoms with Crippen LogP contribution in [0.3, 0.4) is 0 Å². The van der Waals surface area contributed by atoms with Crippen LogP contribution in [0.4, 0.5) is 0 Å². The number of amides is 1. The van der Waals surface area contributed by atoms with Crippen molar-refractivity contribution in [1.82, 2.24) is 13.9 Å². The number of fused-ring (bicyclic) bond motifs is 2. The summed E-state index contributed by atoms with van der Waals surface area (Å²) in [6.45, 7) is 4.50. The third kappa shape index (κ3) is 4.54. The zero-order valence-electron chi connectivity index (χ0n) is 19.9. The van der Waals surface area contributed by atoms with Crippen molar-refractivity contribution in [3.63, 3.8) is 0 Å². The molecule has 0 radical (unpaired) electrons. The van der Waals surface area contributed by atoms with Gasteiger partial charge >= 0.3 is 5.69 Å².